The summed E-state index contributed by atoms with van der Waals surface area (Å²) in [6.07, 6.45) is 0.103. The average molecular weight is 810 g/mol. The van der Waals surface area contributed by atoms with Gasteiger partial charge in [0, 0.05) is 43.6 Å². The van der Waals surface area contributed by atoms with Crippen molar-refractivity contribution in [2.45, 2.75) is 57.3 Å². The van der Waals surface area contributed by atoms with E-state index in [2.05, 4.69) is 29.0 Å². The molecule has 4 rings (SSSR count). The number of nitrogens with two attached hydrogens (primary N) is 2. The molecule has 2 amide bonds. The van der Waals surface area contributed by atoms with Gasteiger partial charge in [0.1, 0.15) is 6.04 Å². The molecule has 15 heteroatoms. The standard InChI is InChI=1S/C41H44N4O9.2ClH/c1-51-38(47)23-34-20-29(11-5-15-53-39(48)22-31-8-4-10-33(19-31)26-43)18-30(21-34)12-6-16-54-41(50)44-35-24-36(40(49)52-2)45(27-35)37(46)14-13-28-7-3-9-32(17-28)25-42;;/h3-4,7-10,17-21,35-36H,13-16,22-27,42-43H2,1-2H3,(H,44,50);2*1H. The third-order valence-corrected chi connectivity index (χ3v) is 8.46. The van der Waals surface area contributed by atoms with Crippen LogP contribution < -0.4 is 16.8 Å². The van der Waals surface area contributed by atoms with Crippen LogP contribution in [-0.2, 0) is 70.5 Å². The molecule has 298 valence electrons. The lowest BCUT2D eigenvalue weighted by Gasteiger charge is -2.22. The van der Waals surface area contributed by atoms with Gasteiger partial charge in [-0.25, -0.2) is 9.59 Å². The van der Waals surface area contributed by atoms with Crippen LogP contribution in [-0.4, -0.2) is 80.9 Å². The summed E-state index contributed by atoms with van der Waals surface area (Å²) in [7, 11) is 2.54. The summed E-state index contributed by atoms with van der Waals surface area (Å²) in [5.41, 5.74) is 16.6. The molecule has 0 saturated carbocycles. The van der Waals surface area contributed by atoms with E-state index in [1.165, 1.54) is 19.1 Å². The average Bonchev–Trinajstić information content (AvgIpc) is 3.60. The zero-order chi connectivity index (χ0) is 38.9. The van der Waals surface area contributed by atoms with Gasteiger partial charge in [-0.3, -0.25) is 14.4 Å². The molecule has 56 heavy (non-hydrogen) atoms. The largest absolute Gasteiger partial charge is 0.469 e. The van der Waals surface area contributed by atoms with Crippen molar-refractivity contribution in [3.63, 3.8) is 0 Å². The number of likely N-dealkylation sites (tertiary alicyclic amines) is 1. The van der Waals surface area contributed by atoms with E-state index >= 15 is 0 Å². The van der Waals surface area contributed by atoms with Gasteiger partial charge in [-0.2, -0.15) is 0 Å². The number of benzene rings is 3. The third-order valence-electron chi connectivity index (χ3n) is 8.46. The molecule has 2 atom stereocenters. The van der Waals surface area contributed by atoms with E-state index in [0.29, 0.717) is 36.2 Å². The molecule has 5 N–H and O–H groups in total. The van der Waals surface area contributed by atoms with Gasteiger partial charge >= 0.3 is 24.0 Å². The number of hydrogen-bond donors (Lipinski definition) is 3. The molecular weight excluding hydrogens is 763 g/mol. The zero-order valence-corrected chi connectivity index (χ0v) is 32.8. The Labute approximate surface area is 338 Å². The van der Waals surface area contributed by atoms with Crippen molar-refractivity contribution in [1.82, 2.24) is 10.2 Å². The van der Waals surface area contributed by atoms with E-state index in [-0.39, 0.29) is 76.2 Å². The Bertz CT molecular complexity index is 1970. The fourth-order valence-corrected chi connectivity index (χ4v) is 5.85. The van der Waals surface area contributed by atoms with Gasteiger partial charge in [0.25, 0.3) is 0 Å². The number of nitrogens with zero attached hydrogens (tertiary/aromatic N) is 1. The summed E-state index contributed by atoms with van der Waals surface area (Å²) >= 11 is 0. The molecule has 0 aliphatic carbocycles. The molecule has 3 aromatic carbocycles. The number of ether oxygens (including phenoxy) is 4. The summed E-state index contributed by atoms with van der Waals surface area (Å²) in [4.78, 5) is 64.0. The lowest BCUT2D eigenvalue weighted by atomic mass is 10.0. The number of carbonyl (C=O) groups excluding carboxylic acids is 5. The molecule has 3 aromatic rings. The van der Waals surface area contributed by atoms with Crippen molar-refractivity contribution in [3.05, 3.63) is 106 Å². The predicted molar refractivity (Wildman–Crippen MR) is 212 cm³/mol. The van der Waals surface area contributed by atoms with E-state index in [0.717, 1.165) is 22.3 Å². The second kappa shape index (κ2) is 24.1. The second-order valence-electron chi connectivity index (χ2n) is 12.4. The van der Waals surface area contributed by atoms with Crippen molar-refractivity contribution in [2.75, 3.05) is 34.0 Å². The Morgan fingerprint density at radius 2 is 1.30 bits per heavy atom. The lowest BCUT2D eigenvalue weighted by molar-refractivity contribution is -0.150. The van der Waals surface area contributed by atoms with Gasteiger partial charge in [0.15, 0.2) is 13.2 Å². The summed E-state index contributed by atoms with van der Waals surface area (Å²) in [6, 6.07) is 18.7. The summed E-state index contributed by atoms with van der Waals surface area (Å²) < 4.78 is 20.2. The molecule has 1 saturated heterocycles. The SMILES string of the molecule is COC(=O)Cc1cc(C#CCOC(=O)Cc2cccc(CN)c2)cc(C#CCOC(=O)NC2CC(C(=O)OC)N(C(=O)CCc3cccc(CN)c3)C2)c1.Cl.Cl. The molecule has 0 radical (unpaired) electrons. The minimum atomic E-state index is -0.844. The van der Waals surface area contributed by atoms with Crippen LogP contribution in [0.1, 0.15) is 51.8 Å². The van der Waals surface area contributed by atoms with E-state index in [1.807, 2.05) is 48.5 Å². The van der Waals surface area contributed by atoms with E-state index in [1.54, 1.807) is 18.2 Å². The van der Waals surface area contributed by atoms with Gasteiger partial charge in [0.05, 0.1) is 33.1 Å². The smallest absolute Gasteiger partial charge is 0.408 e. The molecule has 1 aliphatic rings. The zero-order valence-electron chi connectivity index (χ0n) is 31.2. The maximum Gasteiger partial charge on any atom is 0.408 e. The summed E-state index contributed by atoms with van der Waals surface area (Å²) in [5.74, 6) is 9.72. The number of nitrogens with one attached hydrogen (secondary N) is 1. The van der Waals surface area contributed by atoms with Gasteiger partial charge in [-0.1, -0.05) is 72.2 Å². The molecule has 1 fully saturated rings. The minimum absolute atomic E-state index is 0. The molecule has 1 heterocycles. The highest BCUT2D eigenvalue weighted by atomic mass is 35.5. The lowest BCUT2D eigenvalue weighted by Crippen LogP contribution is -2.42. The molecule has 1 aliphatic heterocycles. The molecule has 0 spiro atoms. The van der Waals surface area contributed by atoms with E-state index in [9.17, 15) is 24.0 Å². The molecule has 2 unspecified atom stereocenters. The maximum absolute atomic E-state index is 13.2. The number of esters is 3. The van der Waals surface area contributed by atoms with E-state index < -0.39 is 36.1 Å². The minimum Gasteiger partial charge on any atom is -0.469 e. The van der Waals surface area contributed by atoms with Crippen molar-refractivity contribution in [1.29, 1.82) is 0 Å². The second-order valence-corrected chi connectivity index (χ2v) is 12.4. The van der Waals surface area contributed by atoms with Crippen LogP contribution >= 0.6 is 24.8 Å². The van der Waals surface area contributed by atoms with Gasteiger partial charge < -0.3 is 40.6 Å². The highest BCUT2D eigenvalue weighted by Crippen LogP contribution is 2.21. The quantitative estimate of drug-likeness (QED) is 0.131. The van der Waals surface area contributed by atoms with Gasteiger partial charge in [0.2, 0.25) is 5.91 Å². The van der Waals surface area contributed by atoms with Crippen LogP contribution in [0, 0.1) is 23.7 Å². The number of rotatable bonds is 13. The fourth-order valence-electron chi connectivity index (χ4n) is 5.85. The van der Waals surface area contributed by atoms with E-state index in [4.69, 9.17) is 30.4 Å². The maximum atomic E-state index is 13.2. The van der Waals surface area contributed by atoms with Crippen molar-refractivity contribution in [2.24, 2.45) is 11.5 Å². The Morgan fingerprint density at radius 3 is 1.91 bits per heavy atom. The third kappa shape index (κ3) is 14.9. The molecular formula is C41H46Cl2N4O9. The predicted octanol–water partition coefficient (Wildman–Crippen LogP) is 3.15. The first-order valence-electron chi connectivity index (χ1n) is 17.3. The number of hydrogen-bond acceptors (Lipinski definition) is 11. The van der Waals surface area contributed by atoms with Gasteiger partial charge in [-0.05, 0) is 52.4 Å². The van der Waals surface area contributed by atoms with Crippen LogP contribution in [0.5, 0.6) is 0 Å². The summed E-state index contributed by atoms with van der Waals surface area (Å²) in [6.45, 7) is 0.465. The summed E-state index contributed by atoms with van der Waals surface area (Å²) in [5, 5.41) is 2.71. The first-order chi connectivity index (χ1) is 26.1. The molecule has 13 nitrogen and oxygen atoms in total. The van der Waals surface area contributed by atoms with Crippen LogP contribution in [0.4, 0.5) is 4.79 Å². The van der Waals surface area contributed by atoms with Crippen LogP contribution in [0.25, 0.3) is 0 Å². The monoisotopic (exact) mass is 808 g/mol. The van der Waals surface area contributed by atoms with Crippen molar-refractivity contribution >= 4 is 54.7 Å². The normalized spacial score (nSPS) is 13.9. The fraction of sp³-hybridized carbons (Fsp3) is 0.341. The number of alkyl carbamates (subject to hydrolysis) is 1. The Balaban J connectivity index is 0.00000541. The van der Waals surface area contributed by atoms with Crippen molar-refractivity contribution in [3.8, 4) is 23.7 Å². The topological polar surface area (TPSA) is 190 Å². The number of methoxy groups -OCH3 is 2. The molecule has 0 bridgehead atoms. The first kappa shape index (κ1) is 46.6. The first-order valence-corrected chi connectivity index (χ1v) is 17.3. The number of carbonyl (C=O) groups is 5. The number of aryl methyl sites for hydroxylation is 1. The highest BCUT2D eigenvalue weighted by molar-refractivity contribution is 5.86. The number of amides is 2. The Kier molecular flexibility index (Phi) is 20.0. The Morgan fingerprint density at radius 1 is 0.732 bits per heavy atom. The highest BCUT2D eigenvalue weighted by Gasteiger charge is 2.40. The van der Waals surface area contributed by atoms with Crippen LogP contribution in [0.3, 0.4) is 0 Å². The van der Waals surface area contributed by atoms with Crippen LogP contribution in [0.2, 0.25) is 0 Å². The number of halogens is 2. The van der Waals surface area contributed by atoms with Crippen molar-refractivity contribution < 1.29 is 42.9 Å². The van der Waals surface area contributed by atoms with Gasteiger partial charge in [-0.15, -0.1) is 24.8 Å². The Hall–Kier alpha value is -5.57. The van der Waals surface area contributed by atoms with Crippen LogP contribution in [0.15, 0.2) is 66.7 Å². The molecule has 0 aromatic heterocycles.